The van der Waals surface area contributed by atoms with Crippen LogP contribution < -0.4 is 5.32 Å². The van der Waals surface area contributed by atoms with Gasteiger partial charge in [-0.1, -0.05) is 42.5 Å². The first kappa shape index (κ1) is 14.3. The molecule has 106 valence electrons. The van der Waals surface area contributed by atoms with Crippen LogP contribution in [0.1, 0.15) is 19.4 Å². The van der Waals surface area contributed by atoms with Crippen LogP contribution in [0, 0.1) is 0 Å². The Labute approximate surface area is 119 Å². The van der Waals surface area contributed by atoms with Crippen molar-refractivity contribution in [3.8, 4) is 0 Å². The minimum atomic E-state index is -0.929. The lowest BCUT2D eigenvalue weighted by atomic mass is 9.89. The first-order valence-corrected chi connectivity index (χ1v) is 6.76. The topological polar surface area (TPSA) is 49.4 Å². The van der Waals surface area contributed by atoms with Gasteiger partial charge in [-0.05, 0) is 12.5 Å². The first-order chi connectivity index (χ1) is 9.51. The third kappa shape index (κ3) is 2.33. The summed E-state index contributed by atoms with van der Waals surface area (Å²) in [5, 5.41) is 2.69. The van der Waals surface area contributed by atoms with Crippen LogP contribution in [0.5, 0.6) is 0 Å². The first-order valence-electron chi connectivity index (χ1n) is 6.76. The Morgan fingerprint density at radius 3 is 2.50 bits per heavy atom. The lowest BCUT2D eigenvalue weighted by molar-refractivity contribution is -0.143. The monoisotopic (exact) mass is 272 g/mol. The Balaban J connectivity index is 2.44. The number of benzene rings is 1. The van der Waals surface area contributed by atoms with E-state index in [0.717, 1.165) is 5.56 Å². The molecule has 1 N–H and O–H groups in total. The van der Waals surface area contributed by atoms with Gasteiger partial charge in [-0.25, -0.2) is 0 Å². The van der Waals surface area contributed by atoms with E-state index in [1.165, 1.54) is 6.92 Å². The standard InChI is InChI=1S/C16H20N2O2/c1-12-9-10-16(15(20)17-3,18(12)13(2)19)11-14-7-5-4-6-8-14/h4-10,12H,11H2,1-3H3,(H,17,20)/t12-,16+/m1/s1. The van der Waals surface area contributed by atoms with Crippen molar-refractivity contribution < 1.29 is 9.59 Å². The van der Waals surface area contributed by atoms with Crippen LogP contribution in [0.15, 0.2) is 42.5 Å². The van der Waals surface area contributed by atoms with Gasteiger partial charge in [0.1, 0.15) is 5.54 Å². The maximum Gasteiger partial charge on any atom is 0.250 e. The summed E-state index contributed by atoms with van der Waals surface area (Å²) < 4.78 is 0. The van der Waals surface area contributed by atoms with Crippen molar-refractivity contribution in [1.29, 1.82) is 0 Å². The third-order valence-corrected chi connectivity index (χ3v) is 3.76. The highest BCUT2D eigenvalue weighted by atomic mass is 16.2. The van der Waals surface area contributed by atoms with E-state index in [0.29, 0.717) is 6.42 Å². The SMILES string of the molecule is CNC(=O)[C@@]1(Cc2ccccc2)C=C[C@@H](C)N1C(C)=O. The van der Waals surface area contributed by atoms with Crippen LogP contribution in [-0.2, 0) is 16.0 Å². The van der Waals surface area contributed by atoms with Gasteiger partial charge < -0.3 is 10.2 Å². The summed E-state index contributed by atoms with van der Waals surface area (Å²) in [4.78, 5) is 26.1. The molecular formula is C16H20N2O2. The van der Waals surface area contributed by atoms with Crippen LogP contribution in [0.4, 0.5) is 0 Å². The number of nitrogens with one attached hydrogen (secondary N) is 1. The Kier molecular flexibility index (Phi) is 3.93. The number of hydrogen-bond acceptors (Lipinski definition) is 2. The van der Waals surface area contributed by atoms with Crippen molar-refractivity contribution in [1.82, 2.24) is 10.2 Å². The molecule has 1 aromatic carbocycles. The summed E-state index contributed by atoms with van der Waals surface area (Å²) >= 11 is 0. The van der Waals surface area contributed by atoms with Gasteiger partial charge in [-0.3, -0.25) is 9.59 Å². The summed E-state index contributed by atoms with van der Waals surface area (Å²) in [7, 11) is 1.60. The quantitative estimate of drug-likeness (QED) is 0.848. The number of rotatable bonds is 3. The van der Waals surface area contributed by atoms with Gasteiger partial charge in [-0.15, -0.1) is 0 Å². The van der Waals surface area contributed by atoms with Gasteiger partial charge in [0.25, 0.3) is 0 Å². The molecule has 1 aromatic rings. The molecule has 0 saturated heterocycles. The third-order valence-electron chi connectivity index (χ3n) is 3.76. The van der Waals surface area contributed by atoms with Gasteiger partial charge in [-0.2, -0.15) is 0 Å². The van der Waals surface area contributed by atoms with E-state index in [2.05, 4.69) is 5.32 Å². The maximum atomic E-state index is 12.4. The van der Waals surface area contributed by atoms with Crippen molar-refractivity contribution in [3.63, 3.8) is 0 Å². The molecule has 1 aliphatic rings. The Bertz CT molecular complexity index is 539. The molecule has 2 atom stereocenters. The molecule has 1 heterocycles. The Morgan fingerprint density at radius 1 is 1.30 bits per heavy atom. The second-order valence-corrected chi connectivity index (χ2v) is 5.15. The maximum absolute atomic E-state index is 12.4. The highest BCUT2D eigenvalue weighted by Crippen LogP contribution is 2.31. The van der Waals surface area contributed by atoms with Crippen molar-refractivity contribution in [3.05, 3.63) is 48.0 Å². The second kappa shape index (κ2) is 5.49. The zero-order valence-corrected chi connectivity index (χ0v) is 12.1. The number of hydrogen-bond donors (Lipinski definition) is 1. The zero-order chi connectivity index (χ0) is 14.8. The number of carbonyl (C=O) groups is 2. The van der Waals surface area contributed by atoms with E-state index in [4.69, 9.17) is 0 Å². The lowest BCUT2D eigenvalue weighted by Crippen LogP contribution is -2.59. The molecule has 0 spiro atoms. The van der Waals surface area contributed by atoms with E-state index in [1.807, 2.05) is 49.4 Å². The molecule has 0 aromatic heterocycles. The van der Waals surface area contributed by atoms with E-state index >= 15 is 0 Å². The predicted octanol–water partition coefficient (Wildman–Crippen LogP) is 1.52. The van der Waals surface area contributed by atoms with Gasteiger partial charge in [0.05, 0.1) is 0 Å². The van der Waals surface area contributed by atoms with Crippen LogP contribution in [0.2, 0.25) is 0 Å². The molecule has 0 saturated carbocycles. The summed E-state index contributed by atoms with van der Waals surface area (Å²) in [6, 6.07) is 9.68. The fraction of sp³-hybridized carbons (Fsp3) is 0.375. The van der Waals surface area contributed by atoms with Crippen LogP contribution in [0.25, 0.3) is 0 Å². The van der Waals surface area contributed by atoms with Crippen LogP contribution >= 0.6 is 0 Å². The molecule has 1 aliphatic heterocycles. The van der Waals surface area contributed by atoms with E-state index < -0.39 is 5.54 Å². The summed E-state index contributed by atoms with van der Waals surface area (Å²) in [5.74, 6) is -0.251. The van der Waals surface area contributed by atoms with E-state index in [-0.39, 0.29) is 17.9 Å². The van der Waals surface area contributed by atoms with E-state index in [1.54, 1.807) is 11.9 Å². The highest BCUT2D eigenvalue weighted by molar-refractivity contribution is 5.94. The van der Waals surface area contributed by atoms with Gasteiger partial charge in [0, 0.05) is 26.4 Å². The molecular weight excluding hydrogens is 252 g/mol. The van der Waals surface area contributed by atoms with E-state index in [9.17, 15) is 9.59 Å². The minimum absolute atomic E-state index is 0.0755. The van der Waals surface area contributed by atoms with Crippen LogP contribution in [-0.4, -0.2) is 35.3 Å². The molecule has 2 rings (SSSR count). The number of carbonyl (C=O) groups excluding carboxylic acids is 2. The molecule has 0 bridgehead atoms. The van der Waals surface area contributed by atoms with Crippen molar-refractivity contribution in [2.45, 2.75) is 31.8 Å². The van der Waals surface area contributed by atoms with Gasteiger partial charge in [0.2, 0.25) is 11.8 Å². The van der Waals surface area contributed by atoms with Gasteiger partial charge >= 0.3 is 0 Å². The molecule has 20 heavy (non-hydrogen) atoms. The molecule has 0 unspecified atom stereocenters. The Morgan fingerprint density at radius 2 is 1.95 bits per heavy atom. The zero-order valence-electron chi connectivity index (χ0n) is 12.1. The predicted molar refractivity (Wildman–Crippen MR) is 78.1 cm³/mol. The number of amides is 2. The van der Waals surface area contributed by atoms with Gasteiger partial charge in [0.15, 0.2) is 0 Å². The molecule has 4 heteroatoms. The van der Waals surface area contributed by atoms with Crippen molar-refractivity contribution in [2.24, 2.45) is 0 Å². The second-order valence-electron chi connectivity index (χ2n) is 5.15. The molecule has 4 nitrogen and oxygen atoms in total. The highest BCUT2D eigenvalue weighted by Gasteiger charge is 2.47. The van der Waals surface area contributed by atoms with Crippen molar-refractivity contribution in [2.75, 3.05) is 7.05 Å². The van der Waals surface area contributed by atoms with Crippen LogP contribution in [0.3, 0.4) is 0 Å². The number of likely N-dealkylation sites (N-methyl/N-ethyl adjacent to an activating group) is 1. The minimum Gasteiger partial charge on any atom is -0.357 e. The molecule has 0 radical (unpaired) electrons. The fourth-order valence-electron chi connectivity index (χ4n) is 2.93. The average Bonchev–Trinajstić information content (AvgIpc) is 2.77. The normalized spacial score (nSPS) is 24.8. The molecule has 2 amide bonds. The van der Waals surface area contributed by atoms with Crippen molar-refractivity contribution >= 4 is 11.8 Å². The lowest BCUT2D eigenvalue weighted by Gasteiger charge is -2.38. The largest absolute Gasteiger partial charge is 0.357 e. The average molecular weight is 272 g/mol. The Hall–Kier alpha value is -2.10. The summed E-state index contributed by atoms with van der Waals surface area (Å²) in [5.41, 5.74) is 0.0996. The summed E-state index contributed by atoms with van der Waals surface area (Å²) in [6.07, 6.45) is 4.25. The smallest absolute Gasteiger partial charge is 0.250 e. The molecule has 0 fully saturated rings. The summed E-state index contributed by atoms with van der Waals surface area (Å²) in [6.45, 7) is 3.43. The molecule has 0 aliphatic carbocycles. The fourth-order valence-corrected chi connectivity index (χ4v) is 2.93. The number of nitrogens with zero attached hydrogens (tertiary/aromatic N) is 1.